The molecule has 22 heavy (non-hydrogen) atoms. The van der Waals surface area contributed by atoms with Crippen LogP contribution in [0.15, 0.2) is 48.5 Å². The van der Waals surface area contributed by atoms with Gasteiger partial charge in [0.2, 0.25) is 0 Å². The number of hydrogen-bond acceptors (Lipinski definition) is 3. The molecule has 4 nitrogen and oxygen atoms in total. The van der Waals surface area contributed by atoms with Gasteiger partial charge < -0.3 is 9.84 Å². The maximum Gasteiger partial charge on any atom is 0.335 e. The SMILES string of the molecule is COc1ccc2nc(-c3ccc(C(=O)O)cc3)c(F)cc2c1. The van der Waals surface area contributed by atoms with Gasteiger partial charge in [0.25, 0.3) is 0 Å². The van der Waals surface area contributed by atoms with Crippen molar-refractivity contribution in [3.8, 4) is 17.0 Å². The molecule has 1 N–H and O–H groups in total. The predicted molar refractivity (Wildman–Crippen MR) is 80.6 cm³/mol. The van der Waals surface area contributed by atoms with Crippen LogP contribution in [0.3, 0.4) is 0 Å². The number of halogens is 1. The Hall–Kier alpha value is -2.95. The zero-order chi connectivity index (χ0) is 15.7. The topological polar surface area (TPSA) is 59.4 Å². The lowest BCUT2D eigenvalue weighted by Crippen LogP contribution is -1.96. The lowest BCUT2D eigenvalue weighted by Gasteiger charge is -2.07. The zero-order valence-corrected chi connectivity index (χ0v) is 11.7. The van der Waals surface area contributed by atoms with E-state index in [0.29, 0.717) is 22.2 Å². The molecule has 0 fully saturated rings. The van der Waals surface area contributed by atoms with Crippen molar-refractivity contribution in [1.29, 1.82) is 0 Å². The van der Waals surface area contributed by atoms with Crippen LogP contribution in [0.5, 0.6) is 5.75 Å². The smallest absolute Gasteiger partial charge is 0.335 e. The van der Waals surface area contributed by atoms with Gasteiger partial charge in [0, 0.05) is 10.9 Å². The van der Waals surface area contributed by atoms with Gasteiger partial charge in [-0.15, -0.1) is 0 Å². The molecule has 0 radical (unpaired) electrons. The minimum Gasteiger partial charge on any atom is -0.497 e. The number of pyridine rings is 1. The maximum absolute atomic E-state index is 14.3. The van der Waals surface area contributed by atoms with E-state index < -0.39 is 11.8 Å². The first-order chi connectivity index (χ1) is 10.6. The van der Waals surface area contributed by atoms with E-state index in [1.165, 1.54) is 18.2 Å². The summed E-state index contributed by atoms with van der Waals surface area (Å²) in [6.45, 7) is 0. The van der Waals surface area contributed by atoms with Gasteiger partial charge in [-0.3, -0.25) is 0 Å². The van der Waals surface area contributed by atoms with Crippen LogP contribution < -0.4 is 4.74 Å². The van der Waals surface area contributed by atoms with Crippen molar-refractivity contribution in [2.45, 2.75) is 0 Å². The molecule has 2 aromatic carbocycles. The first kappa shape index (κ1) is 14.0. The summed E-state index contributed by atoms with van der Waals surface area (Å²) in [6.07, 6.45) is 0. The number of carboxylic acid groups (broad SMARTS) is 1. The molecule has 3 rings (SSSR count). The van der Waals surface area contributed by atoms with Crippen LogP contribution in [0.4, 0.5) is 4.39 Å². The van der Waals surface area contributed by atoms with E-state index in [1.807, 2.05) is 0 Å². The van der Waals surface area contributed by atoms with Crippen LogP contribution >= 0.6 is 0 Å². The molecule has 0 aliphatic carbocycles. The predicted octanol–water partition coefficient (Wildman–Crippen LogP) is 3.75. The van der Waals surface area contributed by atoms with Gasteiger partial charge in [0.15, 0.2) is 0 Å². The van der Waals surface area contributed by atoms with Gasteiger partial charge in [-0.1, -0.05) is 12.1 Å². The summed E-state index contributed by atoms with van der Waals surface area (Å²) in [4.78, 5) is 15.2. The highest BCUT2D eigenvalue weighted by Gasteiger charge is 2.11. The number of nitrogens with zero attached hydrogens (tertiary/aromatic N) is 1. The number of hydrogen-bond donors (Lipinski definition) is 1. The number of methoxy groups -OCH3 is 1. The van der Waals surface area contributed by atoms with E-state index in [2.05, 4.69) is 4.98 Å². The van der Waals surface area contributed by atoms with Crippen LogP contribution in [-0.4, -0.2) is 23.2 Å². The van der Waals surface area contributed by atoms with Crippen molar-refractivity contribution in [3.05, 3.63) is 59.9 Å². The summed E-state index contributed by atoms with van der Waals surface area (Å²) in [5, 5.41) is 9.53. The molecule has 0 bridgehead atoms. The van der Waals surface area contributed by atoms with Gasteiger partial charge in [0.1, 0.15) is 17.3 Å². The van der Waals surface area contributed by atoms with E-state index in [-0.39, 0.29) is 11.3 Å². The monoisotopic (exact) mass is 297 g/mol. The molecular weight excluding hydrogens is 285 g/mol. The third-order valence-corrected chi connectivity index (χ3v) is 3.38. The Morgan fingerprint density at radius 3 is 2.50 bits per heavy atom. The van der Waals surface area contributed by atoms with Crippen LogP contribution in [0, 0.1) is 5.82 Å². The molecule has 5 heteroatoms. The molecule has 0 saturated heterocycles. The fourth-order valence-corrected chi connectivity index (χ4v) is 2.23. The average molecular weight is 297 g/mol. The molecule has 0 aliphatic rings. The second kappa shape index (κ2) is 5.44. The highest BCUT2D eigenvalue weighted by Crippen LogP contribution is 2.27. The number of aromatic nitrogens is 1. The van der Waals surface area contributed by atoms with Crippen molar-refractivity contribution in [1.82, 2.24) is 4.98 Å². The molecule has 0 atom stereocenters. The first-order valence-corrected chi connectivity index (χ1v) is 6.56. The number of carbonyl (C=O) groups is 1. The van der Waals surface area contributed by atoms with Crippen LogP contribution in [-0.2, 0) is 0 Å². The second-order valence-corrected chi connectivity index (χ2v) is 4.76. The number of fused-ring (bicyclic) bond motifs is 1. The molecule has 0 unspecified atom stereocenters. The van der Waals surface area contributed by atoms with Crippen molar-refractivity contribution >= 4 is 16.9 Å². The number of aromatic carboxylic acids is 1. The molecular formula is C17H12FNO3. The van der Waals surface area contributed by atoms with E-state index in [9.17, 15) is 9.18 Å². The molecule has 1 aromatic heterocycles. The molecule has 0 saturated carbocycles. The number of ether oxygens (including phenoxy) is 1. The minimum absolute atomic E-state index is 0.148. The van der Waals surface area contributed by atoms with E-state index in [1.54, 1.807) is 37.4 Å². The third kappa shape index (κ3) is 2.48. The van der Waals surface area contributed by atoms with Crippen LogP contribution in [0.1, 0.15) is 10.4 Å². The Morgan fingerprint density at radius 2 is 1.86 bits per heavy atom. The summed E-state index contributed by atoms with van der Waals surface area (Å²) >= 11 is 0. The summed E-state index contributed by atoms with van der Waals surface area (Å²) < 4.78 is 19.4. The molecule has 0 amide bonds. The molecule has 110 valence electrons. The molecule has 3 aromatic rings. The third-order valence-electron chi connectivity index (χ3n) is 3.38. The normalized spacial score (nSPS) is 10.6. The van der Waals surface area contributed by atoms with Gasteiger partial charge in [-0.05, 0) is 36.4 Å². The zero-order valence-electron chi connectivity index (χ0n) is 11.7. The molecule has 0 spiro atoms. The van der Waals surface area contributed by atoms with Crippen molar-refractivity contribution in [2.24, 2.45) is 0 Å². The average Bonchev–Trinajstić information content (AvgIpc) is 2.53. The standard InChI is InChI=1S/C17H12FNO3/c1-22-13-6-7-15-12(8-13)9-14(18)16(19-15)10-2-4-11(5-3-10)17(20)21/h2-9H,1H3,(H,20,21). The number of benzene rings is 2. The Balaban J connectivity index is 2.10. The minimum atomic E-state index is -1.02. The van der Waals surface area contributed by atoms with E-state index in [0.717, 1.165) is 0 Å². The summed E-state index contributed by atoms with van der Waals surface area (Å²) in [6, 6.07) is 12.6. The number of rotatable bonds is 3. The maximum atomic E-state index is 14.3. The summed E-state index contributed by atoms with van der Waals surface area (Å²) in [7, 11) is 1.54. The van der Waals surface area contributed by atoms with Crippen molar-refractivity contribution in [2.75, 3.05) is 7.11 Å². The Labute approximate surface area is 125 Å². The van der Waals surface area contributed by atoms with Crippen molar-refractivity contribution in [3.63, 3.8) is 0 Å². The first-order valence-electron chi connectivity index (χ1n) is 6.56. The molecule has 0 aliphatic heterocycles. The Morgan fingerprint density at radius 1 is 1.14 bits per heavy atom. The quantitative estimate of drug-likeness (QED) is 0.800. The molecule has 1 heterocycles. The Bertz CT molecular complexity index is 860. The summed E-state index contributed by atoms with van der Waals surface area (Å²) in [5.74, 6) is -0.860. The van der Waals surface area contributed by atoms with E-state index in [4.69, 9.17) is 9.84 Å². The largest absolute Gasteiger partial charge is 0.497 e. The van der Waals surface area contributed by atoms with Gasteiger partial charge in [0.05, 0.1) is 18.2 Å². The fraction of sp³-hybridized carbons (Fsp3) is 0.0588. The second-order valence-electron chi connectivity index (χ2n) is 4.76. The van der Waals surface area contributed by atoms with Gasteiger partial charge >= 0.3 is 5.97 Å². The fourth-order valence-electron chi connectivity index (χ4n) is 2.23. The number of carboxylic acids is 1. The Kier molecular flexibility index (Phi) is 3.47. The van der Waals surface area contributed by atoms with Crippen LogP contribution in [0.25, 0.3) is 22.2 Å². The lowest BCUT2D eigenvalue weighted by molar-refractivity contribution is 0.0697. The van der Waals surface area contributed by atoms with Gasteiger partial charge in [-0.25, -0.2) is 14.2 Å². The van der Waals surface area contributed by atoms with E-state index >= 15 is 0 Å². The van der Waals surface area contributed by atoms with Gasteiger partial charge in [-0.2, -0.15) is 0 Å². The highest BCUT2D eigenvalue weighted by atomic mass is 19.1. The van der Waals surface area contributed by atoms with Crippen molar-refractivity contribution < 1.29 is 19.0 Å². The van der Waals surface area contributed by atoms with Crippen LogP contribution in [0.2, 0.25) is 0 Å². The lowest BCUT2D eigenvalue weighted by atomic mass is 10.1. The highest BCUT2D eigenvalue weighted by molar-refractivity contribution is 5.88. The summed E-state index contributed by atoms with van der Waals surface area (Å²) in [5.41, 5.74) is 1.50.